The van der Waals surface area contributed by atoms with E-state index in [1.165, 1.54) is 14.2 Å². The number of amides is 2. The standard InChI is InChI=1S/2C18H25NO5/c2*1-12-9-15(10-13(2)24-12)16(19-18(21)22-3)17(20)23-11-14-7-5-4-6-8-14/h2*4-8,12-13,15-16H,9-11H2,1-3H3,(H,19,21)/t2*12-,13+,15?,16-/m10/s1. The van der Waals surface area contributed by atoms with Crippen molar-refractivity contribution in [3.8, 4) is 0 Å². The number of methoxy groups -OCH3 is 2. The lowest BCUT2D eigenvalue weighted by Crippen LogP contribution is -2.50. The van der Waals surface area contributed by atoms with E-state index in [0.29, 0.717) is 25.7 Å². The molecule has 2 aliphatic rings. The Morgan fingerprint density at radius 2 is 0.917 bits per heavy atom. The lowest BCUT2D eigenvalue weighted by molar-refractivity contribution is -0.152. The zero-order valence-corrected chi connectivity index (χ0v) is 28.7. The summed E-state index contributed by atoms with van der Waals surface area (Å²) in [6.07, 6.45) is 1.57. The molecule has 264 valence electrons. The second-order valence-corrected chi connectivity index (χ2v) is 12.4. The lowest BCUT2D eigenvalue weighted by Gasteiger charge is -2.35. The molecule has 2 N–H and O–H groups in total. The Balaban J connectivity index is 0.000000260. The quantitative estimate of drug-likeness (QED) is 0.252. The minimum atomic E-state index is -0.741. The molecule has 2 aromatic rings. The van der Waals surface area contributed by atoms with E-state index in [1.54, 1.807) is 0 Å². The van der Waals surface area contributed by atoms with Gasteiger partial charge in [0, 0.05) is 0 Å². The number of ether oxygens (including phenoxy) is 6. The number of esters is 2. The van der Waals surface area contributed by atoms with E-state index in [4.69, 9.17) is 18.9 Å². The molecule has 12 heteroatoms. The van der Waals surface area contributed by atoms with Crippen LogP contribution >= 0.6 is 0 Å². The maximum absolute atomic E-state index is 12.5. The van der Waals surface area contributed by atoms with E-state index in [2.05, 4.69) is 20.1 Å². The number of carbonyl (C=O) groups is 4. The van der Waals surface area contributed by atoms with Crippen molar-refractivity contribution in [3.05, 3.63) is 71.8 Å². The summed E-state index contributed by atoms with van der Waals surface area (Å²) in [5, 5.41) is 5.24. The third-order valence-corrected chi connectivity index (χ3v) is 8.28. The predicted molar refractivity (Wildman–Crippen MR) is 177 cm³/mol. The van der Waals surface area contributed by atoms with Crippen LogP contribution in [0.25, 0.3) is 0 Å². The number of benzene rings is 2. The molecule has 4 rings (SSSR count). The lowest BCUT2D eigenvalue weighted by atomic mass is 9.86. The van der Waals surface area contributed by atoms with Crippen LogP contribution in [0.3, 0.4) is 0 Å². The van der Waals surface area contributed by atoms with Crippen LogP contribution in [0, 0.1) is 11.8 Å². The van der Waals surface area contributed by atoms with Crippen LogP contribution in [0.5, 0.6) is 0 Å². The Morgan fingerprint density at radius 1 is 0.604 bits per heavy atom. The molecule has 2 heterocycles. The van der Waals surface area contributed by atoms with Gasteiger partial charge in [-0.05, 0) is 76.3 Å². The van der Waals surface area contributed by atoms with Crippen molar-refractivity contribution in [2.45, 2.75) is 103 Å². The van der Waals surface area contributed by atoms with Crippen molar-refractivity contribution >= 4 is 24.1 Å². The van der Waals surface area contributed by atoms with Gasteiger partial charge >= 0.3 is 24.1 Å². The van der Waals surface area contributed by atoms with Gasteiger partial charge in [0.05, 0.1) is 38.6 Å². The van der Waals surface area contributed by atoms with Crippen LogP contribution < -0.4 is 10.6 Å². The molecule has 2 unspecified atom stereocenters. The van der Waals surface area contributed by atoms with E-state index >= 15 is 0 Å². The second-order valence-electron chi connectivity index (χ2n) is 12.4. The van der Waals surface area contributed by atoms with Crippen LogP contribution in [0.2, 0.25) is 0 Å². The smallest absolute Gasteiger partial charge is 0.407 e. The topological polar surface area (TPSA) is 148 Å². The molecule has 0 bridgehead atoms. The number of nitrogens with one attached hydrogen (secondary N) is 2. The molecule has 12 nitrogen and oxygen atoms in total. The molecular formula is C36H50N2O10. The van der Waals surface area contributed by atoms with Gasteiger partial charge in [-0.25, -0.2) is 19.2 Å². The van der Waals surface area contributed by atoms with Crippen LogP contribution in [0.4, 0.5) is 9.59 Å². The summed E-state index contributed by atoms with van der Waals surface area (Å²) >= 11 is 0. The minimum Gasteiger partial charge on any atom is -0.459 e. The van der Waals surface area contributed by atoms with Gasteiger partial charge in [0.25, 0.3) is 0 Å². The average Bonchev–Trinajstić information content (AvgIpc) is 3.07. The SMILES string of the molecule is COC(=O)N[C@@H](C(=O)OCc1ccccc1)C1C[C@@H](C)O[C@@H](C)C1.COC(=O)N[C@H](C(=O)OCc1ccccc1)C1C[C@@H](C)O[C@@H](C)C1. The van der Waals surface area contributed by atoms with E-state index in [1.807, 2.05) is 88.4 Å². The monoisotopic (exact) mass is 670 g/mol. The van der Waals surface area contributed by atoms with Gasteiger partial charge in [0.2, 0.25) is 0 Å². The van der Waals surface area contributed by atoms with Crippen molar-refractivity contribution in [1.29, 1.82) is 0 Å². The highest BCUT2D eigenvalue weighted by molar-refractivity contribution is 5.82. The third kappa shape index (κ3) is 12.8. The fourth-order valence-corrected chi connectivity index (χ4v) is 6.20. The Morgan fingerprint density at radius 3 is 1.21 bits per heavy atom. The van der Waals surface area contributed by atoms with E-state index in [0.717, 1.165) is 11.1 Å². The first-order valence-corrected chi connectivity index (χ1v) is 16.4. The number of hydrogen-bond acceptors (Lipinski definition) is 10. The molecule has 2 aromatic carbocycles. The Hall–Kier alpha value is -4.16. The molecular weight excluding hydrogens is 620 g/mol. The van der Waals surface area contributed by atoms with Crippen LogP contribution in [0.1, 0.15) is 64.5 Å². The first kappa shape index (κ1) is 38.3. The molecule has 0 aliphatic carbocycles. The fourth-order valence-electron chi connectivity index (χ4n) is 6.20. The highest BCUT2D eigenvalue weighted by Gasteiger charge is 2.38. The molecule has 2 aliphatic heterocycles. The summed E-state index contributed by atoms with van der Waals surface area (Å²) < 4.78 is 31.5. The van der Waals surface area contributed by atoms with E-state index in [9.17, 15) is 19.2 Å². The van der Waals surface area contributed by atoms with E-state index in [-0.39, 0.29) is 49.5 Å². The highest BCUT2D eigenvalue weighted by Crippen LogP contribution is 2.29. The van der Waals surface area contributed by atoms with Gasteiger partial charge in [-0.15, -0.1) is 0 Å². The zero-order chi connectivity index (χ0) is 35.1. The van der Waals surface area contributed by atoms with E-state index < -0.39 is 36.2 Å². The summed E-state index contributed by atoms with van der Waals surface area (Å²) in [6.45, 7) is 8.21. The van der Waals surface area contributed by atoms with Crippen molar-refractivity contribution in [3.63, 3.8) is 0 Å². The Kier molecular flexibility index (Phi) is 15.6. The Bertz CT molecular complexity index is 1170. The van der Waals surface area contributed by atoms with Crippen LogP contribution in [0.15, 0.2) is 60.7 Å². The van der Waals surface area contributed by atoms with Crippen molar-refractivity contribution in [1.82, 2.24) is 10.6 Å². The number of hydrogen-bond donors (Lipinski definition) is 2. The van der Waals surface area contributed by atoms with Gasteiger partial charge in [0.15, 0.2) is 0 Å². The highest BCUT2D eigenvalue weighted by atomic mass is 16.6. The van der Waals surface area contributed by atoms with Crippen molar-refractivity contribution in [2.75, 3.05) is 14.2 Å². The number of alkyl carbamates (subject to hydrolysis) is 2. The summed E-state index contributed by atoms with van der Waals surface area (Å²) in [6, 6.07) is 17.4. The predicted octanol–water partition coefficient (Wildman–Crippen LogP) is 5.32. The molecule has 2 fully saturated rings. The van der Waals surface area contributed by atoms with Crippen LogP contribution in [-0.4, -0.2) is 74.8 Å². The zero-order valence-electron chi connectivity index (χ0n) is 28.7. The summed E-state index contributed by atoms with van der Waals surface area (Å²) in [7, 11) is 2.55. The van der Waals surface area contributed by atoms with Gasteiger partial charge in [-0.2, -0.15) is 0 Å². The fraction of sp³-hybridized carbons (Fsp3) is 0.556. The maximum atomic E-state index is 12.5. The number of carbonyl (C=O) groups excluding carboxylic acids is 4. The molecule has 0 radical (unpaired) electrons. The van der Waals surface area contributed by atoms with Crippen molar-refractivity contribution in [2.24, 2.45) is 11.8 Å². The molecule has 0 saturated carbocycles. The van der Waals surface area contributed by atoms with Gasteiger partial charge in [-0.3, -0.25) is 0 Å². The molecule has 2 saturated heterocycles. The number of rotatable bonds is 10. The normalized spacial score (nSPS) is 24.7. The Labute approximate surface area is 283 Å². The second kappa shape index (κ2) is 19.6. The molecule has 8 atom stereocenters. The van der Waals surface area contributed by atoms with Gasteiger partial charge in [-0.1, -0.05) is 60.7 Å². The summed E-state index contributed by atoms with van der Waals surface area (Å²) in [5.41, 5.74) is 1.80. The largest absolute Gasteiger partial charge is 0.459 e. The van der Waals surface area contributed by atoms with Crippen molar-refractivity contribution < 1.29 is 47.6 Å². The molecule has 0 spiro atoms. The first-order chi connectivity index (χ1) is 23.0. The van der Waals surface area contributed by atoms with Crippen LogP contribution in [-0.2, 0) is 51.2 Å². The molecule has 48 heavy (non-hydrogen) atoms. The first-order valence-electron chi connectivity index (χ1n) is 16.4. The third-order valence-electron chi connectivity index (χ3n) is 8.28. The van der Waals surface area contributed by atoms with Gasteiger partial charge in [0.1, 0.15) is 25.3 Å². The minimum absolute atomic E-state index is 0.0302. The molecule has 2 amide bonds. The van der Waals surface area contributed by atoms with Gasteiger partial charge < -0.3 is 39.1 Å². The summed E-state index contributed by atoms with van der Waals surface area (Å²) in [4.78, 5) is 48.4. The average molecular weight is 671 g/mol. The maximum Gasteiger partial charge on any atom is 0.407 e. The summed E-state index contributed by atoms with van der Waals surface area (Å²) in [5.74, 6) is -0.997. The molecule has 0 aromatic heterocycles.